The van der Waals surface area contributed by atoms with E-state index in [4.69, 9.17) is 9.47 Å². The van der Waals surface area contributed by atoms with Gasteiger partial charge in [0.25, 0.3) is 0 Å². The van der Waals surface area contributed by atoms with Crippen molar-refractivity contribution in [2.24, 2.45) is 0 Å². The summed E-state index contributed by atoms with van der Waals surface area (Å²) in [6.45, 7) is 1.31. The van der Waals surface area contributed by atoms with Gasteiger partial charge in [0.15, 0.2) is 0 Å². The Kier molecular flexibility index (Phi) is 5.09. The number of benzene rings is 1. The normalized spacial score (nSPS) is 10.9. The van der Waals surface area contributed by atoms with Crippen LogP contribution in [0.5, 0.6) is 0 Å². The molecule has 0 bridgehead atoms. The van der Waals surface area contributed by atoms with E-state index >= 15 is 0 Å². The molecular weight excluding hydrogens is 310 g/mol. The summed E-state index contributed by atoms with van der Waals surface area (Å²) in [4.78, 5) is 24.7. The van der Waals surface area contributed by atoms with E-state index in [2.05, 4.69) is 20.3 Å². The van der Waals surface area contributed by atoms with Crippen molar-refractivity contribution in [1.82, 2.24) is 24.8 Å². The van der Waals surface area contributed by atoms with E-state index in [1.807, 2.05) is 0 Å². The predicted molar refractivity (Wildman–Crippen MR) is 86.8 cm³/mol. The van der Waals surface area contributed by atoms with Crippen LogP contribution < -0.4 is 5.32 Å². The van der Waals surface area contributed by atoms with E-state index in [-0.39, 0.29) is 6.73 Å². The molecule has 3 aromatic rings. The van der Waals surface area contributed by atoms with Crippen LogP contribution in [0.2, 0.25) is 0 Å². The Morgan fingerprint density at radius 1 is 1.38 bits per heavy atom. The van der Waals surface area contributed by atoms with Crippen LogP contribution in [0.1, 0.15) is 10.4 Å². The number of ether oxygens (including phenoxy) is 2. The molecule has 0 atom stereocenters. The first kappa shape index (κ1) is 16.0. The summed E-state index contributed by atoms with van der Waals surface area (Å²) in [5.74, 6) is 0.123. The van der Waals surface area contributed by atoms with Crippen LogP contribution in [0.3, 0.4) is 0 Å². The van der Waals surface area contributed by atoms with Gasteiger partial charge in [0, 0.05) is 37.6 Å². The third-order valence-corrected chi connectivity index (χ3v) is 3.33. The minimum Gasteiger partial charge on any atom is -0.446 e. The zero-order valence-corrected chi connectivity index (χ0v) is 13.2. The topological polar surface area (TPSA) is 91.2 Å². The lowest BCUT2D eigenvalue weighted by molar-refractivity contribution is 0.0463. The number of carbonyl (C=O) groups is 1. The Hall–Kier alpha value is -2.84. The molecule has 0 unspecified atom stereocenters. The van der Waals surface area contributed by atoms with Crippen molar-refractivity contribution in [2.45, 2.75) is 0 Å². The van der Waals surface area contributed by atoms with Crippen LogP contribution in [-0.2, 0) is 9.47 Å². The summed E-state index contributed by atoms with van der Waals surface area (Å²) in [5.41, 5.74) is 1.19. The van der Waals surface area contributed by atoms with E-state index < -0.39 is 5.97 Å². The number of methoxy groups -OCH3 is 1. The second-order valence-electron chi connectivity index (χ2n) is 4.98. The number of carbonyl (C=O) groups excluding carboxylic acids is 1. The van der Waals surface area contributed by atoms with Crippen molar-refractivity contribution < 1.29 is 14.3 Å². The quantitative estimate of drug-likeness (QED) is 0.395. The fourth-order valence-electron chi connectivity index (χ4n) is 2.10. The maximum atomic E-state index is 12.0. The minimum absolute atomic E-state index is 0.135. The average molecular weight is 327 g/mol. The molecule has 0 saturated carbocycles. The number of imidazole rings is 1. The Labute approximate surface area is 138 Å². The van der Waals surface area contributed by atoms with E-state index in [1.54, 1.807) is 54.8 Å². The van der Waals surface area contributed by atoms with Crippen LogP contribution in [0.4, 0.5) is 0 Å². The molecule has 2 aromatic heterocycles. The lowest BCUT2D eigenvalue weighted by Crippen LogP contribution is -2.24. The number of esters is 1. The highest BCUT2D eigenvalue weighted by Crippen LogP contribution is 2.15. The van der Waals surface area contributed by atoms with Gasteiger partial charge in [-0.1, -0.05) is 0 Å². The molecule has 3 rings (SSSR count). The summed E-state index contributed by atoms with van der Waals surface area (Å²) in [7, 11) is 1.61. The van der Waals surface area contributed by atoms with E-state index in [1.165, 1.54) is 0 Å². The van der Waals surface area contributed by atoms with Gasteiger partial charge in [-0.15, -0.1) is 0 Å². The number of aromatic nitrogens is 4. The first-order valence-electron chi connectivity index (χ1n) is 7.40. The first-order valence-corrected chi connectivity index (χ1v) is 7.40. The number of rotatable bonds is 7. The molecule has 8 heteroatoms. The Morgan fingerprint density at radius 3 is 3.08 bits per heavy atom. The van der Waals surface area contributed by atoms with Crippen LogP contribution >= 0.6 is 0 Å². The van der Waals surface area contributed by atoms with Crippen molar-refractivity contribution >= 4 is 16.9 Å². The lowest BCUT2D eigenvalue weighted by Gasteiger charge is -2.07. The summed E-state index contributed by atoms with van der Waals surface area (Å²) in [5, 5.41) is 3.71. The smallest absolute Gasteiger partial charge is 0.339 e. The van der Waals surface area contributed by atoms with Crippen LogP contribution in [0.15, 0.2) is 43.1 Å². The van der Waals surface area contributed by atoms with Crippen molar-refractivity contribution in [1.29, 1.82) is 0 Å². The zero-order valence-electron chi connectivity index (χ0n) is 13.2. The fraction of sp³-hybridized carbons (Fsp3) is 0.250. The van der Waals surface area contributed by atoms with Gasteiger partial charge in [-0.3, -0.25) is 9.88 Å². The number of nitrogens with zero attached hydrogens (tertiary/aromatic N) is 4. The standard InChI is InChI=1S/C16H17N5O3/c1-23-7-5-18-11-24-15(22)12-2-3-14-13(8-12)9-19-16(20-14)21-6-4-17-10-21/h2-4,6,8-10,18H,5,7,11H2,1H3. The molecule has 0 aliphatic rings. The van der Waals surface area contributed by atoms with Gasteiger partial charge >= 0.3 is 5.97 Å². The molecule has 0 aliphatic carbocycles. The fourth-order valence-corrected chi connectivity index (χ4v) is 2.10. The van der Waals surface area contributed by atoms with Crippen LogP contribution in [-0.4, -0.2) is 52.5 Å². The van der Waals surface area contributed by atoms with Crippen LogP contribution in [0, 0.1) is 0 Å². The summed E-state index contributed by atoms with van der Waals surface area (Å²) < 4.78 is 11.8. The molecule has 0 saturated heterocycles. The molecule has 24 heavy (non-hydrogen) atoms. The Balaban J connectivity index is 1.70. The minimum atomic E-state index is -0.402. The molecule has 0 spiro atoms. The summed E-state index contributed by atoms with van der Waals surface area (Å²) in [6, 6.07) is 5.17. The van der Waals surface area contributed by atoms with E-state index in [9.17, 15) is 4.79 Å². The molecule has 0 amide bonds. The van der Waals surface area contributed by atoms with Crippen molar-refractivity contribution in [3.05, 3.63) is 48.7 Å². The third kappa shape index (κ3) is 3.73. The molecule has 1 aromatic carbocycles. The van der Waals surface area contributed by atoms with Gasteiger partial charge in [0.2, 0.25) is 5.95 Å². The largest absolute Gasteiger partial charge is 0.446 e. The number of hydrogen-bond acceptors (Lipinski definition) is 7. The lowest BCUT2D eigenvalue weighted by atomic mass is 10.1. The van der Waals surface area contributed by atoms with Crippen molar-refractivity contribution in [3.8, 4) is 5.95 Å². The highest BCUT2D eigenvalue weighted by molar-refractivity contribution is 5.94. The molecule has 8 nitrogen and oxygen atoms in total. The summed E-state index contributed by atoms with van der Waals surface area (Å²) in [6.07, 6.45) is 6.73. The van der Waals surface area contributed by atoms with E-state index in [0.717, 1.165) is 10.9 Å². The maximum absolute atomic E-state index is 12.0. The van der Waals surface area contributed by atoms with Gasteiger partial charge in [-0.2, -0.15) is 0 Å². The molecule has 0 aliphatic heterocycles. The van der Waals surface area contributed by atoms with Gasteiger partial charge in [-0.25, -0.2) is 19.7 Å². The van der Waals surface area contributed by atoms with Gasteiger partial charge in [-0.05, 0) is 18.2 Å². The average Bonchev–Trinajstić information content (AvgIpc) is 3.15. The first-order chi connectivity index (χ1) is 11.8. The second-order valence-corrected chi connectivity index (χ2v) is 4.98. The molecule has 0 fully saturated rings. The predicted octanol–water partition coefficient (Wildman–Crippen LogP) is 1.17. The second kappa shape index (κ2) is 7.62. The maximum Gasteiger partial charge on any atom is 0.339 e. The van der Waals surface area contributed by atoms with Crippen molar-refractivity contribution in [3.63, 3.8) is 0 Å². The third-order valence-electron chi connectivity index (χ3n) is 3.33. The Bertz CT molecular complexity index is 820. The van der Waals surface area contributed by atoms with Gasteiger partial charge in [0.05, 0.1) is 17.7 Å². The molecule has 1 N–H and O–H groups in total. The SMILES string of the molecule is COCCNCOC(=O)c1ccc2nc(-n3ccnc3)ncc2c1. The van der Waals surface area contributed by atoms with Gasteiger partial charge < -0.3 is 9.47 Å². The molecule has 124 valence electrons. The number of nitrogens with one attached hydrogen (secondary N) is 1. The molecular formula is C16H17N5O3. The monoisotopic (exact) mass is 327 g/mol. The number of hydrogen-bond donors (Lipinski definition) is 1. The molecule has 2 heterocycles. The Morgan fingerprint density at radius 2 is 2.29 bits per heavy atom. The van der Waals surface area contributed by atoms with Crippen LogP contribution in [0.25, 0.3) is 16.9 Å². The summed E-state index contributed by atoms with van der Waals surface area (Å²) >= 11 is 0. The zero-order chi connectivity index (χ0) is 16.8. The highest BCUT2D eigenvalue weighted by Gasteiger charge is 2.09. The number of fused-ring (bicyclic) bond motifs is 1. The molecule has 0 radical (unpaired) electrons. The van der Waals surface area contributed by atoms with Gasteiger partial charge in [0.1, 0.15) is 13.1 Å². The van der Waals surface area contributed by atoms with E-state index in [0.29, 0.717) is 24.7 Å². The highest BCUT2D eigenvalue weighted by atomic mass is 16.5. The van der Waals surface area contributed by atoms with Crippen molar-refractivity contribution in [2.75, 3.05) is 27.0 Å².